The molecule has 0 atom stereocenters. The number of hydrogen-bond acceptors (Lipinski definition) is 4. The van der Waals surface area contributed by atoms with Crippen LogP contribution in [0.5, 0.6) is 10.9 Å². The maximum absolute atomic E-state index is 11.3. The third kappa shape index (κ3) is 2.28. The van der Waals surface area contributed by atoms with Crippen molar-refractivity contribution in [2.75, 3.05) is 0 Å². The molecule has 0 saturated heterocycles. The van der Waals surface area contributed by atoms with Crippen LogP contribution >= 0.6 is 11.3 Å². The number of nitrogens with zero attached hydrogens (tertiary/aromatic N) is 1. The Kier molecular flexibility index (Phi) is 2.89. The highest BCUT2D eigenvalue weighted by molar-refractivity contribution is 7.11. The molecule has 3 aromatic rings. The van der Waals surface area contributed by atoms with Crippen molar-refractivity contribution in [2.24, 2.45) is 0 Å². The van der Waals surface area contributed by atoms with E-state index in [0.717, 1.165) is 10.8 Å². The number of carboxylic acids is 1. The fourth-order valence-electron chi connectivity index (χ4n) is 1.83. The van der Waals surface area contributed by atoms with Crippen molar-refractivity contribution in [3.63, 3.8) is 0 Å². The van der Waals surface area contributed by atoms with E-state index in [4.69, 9.17) is 4.74 Å². The molecular formula is C14H9NO3S. The average molecular weight is 271 g/mol. The minimum atomic E-state index is -1.02. The standard InChI is InChI=1S/C14H9NO3S/c16-13(17)11-7-9-3-1-2-4-10(9)8-12(11)18-14-15-5-6-19-14/h1-8H,(H,16,17). The van der Waals surface area contributed by atoms with Gasteiger partial charge in [-0.25, -0.2) is 9.78 Å². The Morgan fingerprint density at radius 2 is 1.95 bits per heavy atom. The number of aromatic carboxylic acids is 1. The molecule has 0 amide bonds. The highest BCUT2D eigenvalue weighted by atomic mass is 32.1. The first-order valence-corrected chi connectivity index (χ1v) is 6.45. The number of fused-ring (bicyclic) bond motifs is 1. The van der Waals surface area contributed by atoms with Gasteiger partial charge in [0.25, 0.3) is 5.19 Å². The van der Waals surface area contributed by atoms with Crippen LogP contribution in [0.2, 0.25) is 0 Å². The molecule has 0 unspecified atom stereocenters. The summed E-state index contributed by atoms with van der Waals surface area (Å²) in [6.07, 6.45) is 1.61. The Bertz CT molecular complexity index is 738. The predicted octanol–water partition coefficient (Wildman–Crippen LogP) is 3.79. The molecule has 2 aromatic carbocycles. The summed E-state index contributed by atoms with van der Waals surface area (Å²) in [7, 11) is 0. The number of thiazole rings is 1. The fraction of sp³-hybridized carbons (Fsp3) is 0. The Hall–Kier alpha value is -2.40. The number of carboxylic acid groups (broad SMARTS) is 1. The summed E-state index contributed by atoms with van der Waals surface area (Å²) < 4.78 is 5.55. The van der Waals surface area contributed by atoms with Crippen molar-refractivity contribution in [3.8, 4) is 10.9 Å². The molecule has 0 fully saturated rings. The lowest BCUT2D eigenvalue weighted by molar-refractivity contribution is 0.0694. The maximum atomic E-state index is 11.3. The molecule has 0 aliphatic rings. The van der Waals surface area contributed by atoms with Gasteiger partial charge in [-0.15, -0.1) is 0 Å². The maximum Gasteiger partial charge on any atom is 0.339 e. The number of ether oxygens (including phenoxy) is 1. The molecule has 4 nitrogen and oxygen atoms in total. The number of carbonyl (C=O) groups is 1. The van der Waals surface area contributed by atoms with Crippen LogP contribution in [-0.2, 0) is 0 Å². The van der Waals surface area contributed by atoms with Gasteiger partial charge in [-0.3, -0.25) is 0 Å². The lowest BCUT2D eigenvalue weighted by atomic mass is 10.1. The lowest BCUT2D eigenvalue weighted by Gasteiger charge is -2.08. The first-order chi connectivity index (χ1) is 9.24. The second-order valence-corrected chi connectivity index (χ2v) is 4.76. The van der Waals surface area contributed by atoms with Crippen LogP contribution in [-0.4, -0.2) is 16.1 Å². The minimum absolute atomic E-state index is 0.133. The summed E-state index contributed by atoms with van der Waals surface area (Å²) in [5.41, 5.74) is 0.133. The molecule has 0 aliphatic heterocycles. The number of hydrogen-bond donors (Lipinski definition) is 1. The molecule has 19 heavy (non-hydrogen) atoms. The molecule has 0 radical (unpaired) electrons. The third-order valence-electron chi connectivity index (χ3n) is 2.69. The van der Waals surface area contributed by atoms with Gasteiger partial charge in [0.05, 0.1) is 0 Å². The van der Waals surface area contributed by atoms with Crippen molar-refractivity contribution in [3.05, 3.63) is 53.5 Å². The summed E-state index contributed by atoms with van der Waals surface area (Å²) in [6.45, 7) is 0. The molecule has 5 heteroatoms. The smallest absolute Gasteiger partial charge is 0.339 e. The monoisotopic (exact) mass is 271 g/mol. The van der Waals surface area contributed by atoms with E-state index in [0.29, 0.717) is 10.9 Å². The molecule has 0 aliphatic carbocycles. The Morgan fingerprint density at radius 1 is 1.21 bits per heavy atom. The molecule has 0 bridgehead atoms. The van der Waals surface area contributed by atoms with Gasteiger partial charge in [-0.2, -0.15) is 0 Å². The number of aromatic nitrogens is 1. The predicted molar refractivity (Wildman–Crippen MR) is 73.1 cm³/mol. The molecule has 0 saturated carbocycles. The van der Waals surface area contributed by atoms with Crippen molar-refractivity contribution < 1.29 is 14.6 Å². The van der Waals surface area contributed by atoms with Gasteiger partial charge in [-0.05, 0) is 22.9 Å². The van der Waals surface area contributed by atoms with E-state index in [1.165, 1.54) is 11.3 Å². The van der Waals surface area contributed by atoms with Gasteiger partial charge in [0.1, 0.15) is 11.3 Å². The summed E-state index contributed by atoms with van der Waals surface area (Å²) >= 11 is 1.32. The third-order valence-corrected chi connectivity index (χ3v) is 3.33. The van der Waals surface area contributed by atoms with Gasteiger partial charge in [0.15, 0.2) is 0 Å². The number of rotatable bonds is 3. The fourth-order valence-corrected chi connectivity index (χ4v) is 2.32. The van der Waals surface area contributed by atoms with E-state index in [-0.39, 0.29) is 5.56 Å². The van der Waals surface area contributed by atoms with E-state index < -0.39 is 5.97 Å². The first kappa shape index (κ1) is 11.7. The topological polar surface area (TPSA) is 59.4 Å². The second-order valence-electron chi connectivity index (χ2n) is 3.90. The Balaban J connectivity index is 2.15. The quantitative estimate of drug-likeness (QED) is 0.787. The Labute approximate surface area is 112 Å². The van der Waals surface area contributed by atoms with Crippen molar-refractivity contribution in [1.29, 1.82) is 0 Å². The van der Waals surface area contributed by atoms with E-state index >= 15 is 0 Å². The van der Waals surface area contributed by atoms with E-state index in [1.807, 2.05) is 24.3 Å². The largest absolute Gasteiger partial charge is 0.478 e. The Morgan fingerprint density at radius 3 is 2.58 bits per heavy atom. The van der Waals surface area contributed by atoms with Crippen molar-refractivity contribution in [1.82, 2.24) is 4.98 Å². The average Bonchev–Trinajstić information content (AvgIpc) is 2.90. The number of benzene rings is 2. The minimum Gasteiger partial charge on any atom is -0.478 e. The van der Waals surface area contributed by atoms with E-state index in [2.05, 4.69) is 4.98 Å². The molecule has 94 valence electrons. The second kappa shape index (κ2) is 4.70. The highest BCUT2D eigenvalue weighted by Crippen LogP contribution is 2.30. The summed E-state index contributed by atoms with van der Waals surface area (Å²) in [6, 6.07) is 10.9. The zero-order chi connectivity index (χ0) is 13.2. The van der Waals surface area contributed by atoms with Crippen molar-refractivity contribution in [2.45, 2.75) is 0 Å². The van der Waals surface area contributed by atoms with Gasteiger partial charge in [0, 0.05) is 11.6 Å². The molecular weight excluding hydrogens is 262 g/mol. The highest BCUT2D eigenvalue weighted by Gasteiger charge is 2.14. The van der Waals surface area contributed by atoms with E-state index in [9.17, 15) is 9.90 Å². The van der Waals surface area contributed by atoms with Gasteiger partial charge in [-0.1, -0.05) is 35.6 Å². The van der Waals surface area contributed by atoms with Crippen LogP contribution in [0.15, 0.2) is 48.0 Å². The summed E-state index contributed by atoms with van der Waals surface area (Å²) in [4.78, 5) is 15.3. The van der Waals surface area contributed by atoms with Crippen LogP contribution in [0.4, 0.5) is 0 Å². The zero-order valence-electron chi connectivity index (χ0n) is 9.74. The van der Waals surface area contributed by atoms with Crippen LogP contribution in [0, 0.1) is 0 Å². The molecule has 0 spiro atoms. The zero-order valence-corrected chi connectivity index (χ0v) is 10.6. The molecule has 3 rings (SSSR count). The summed E-state index contributed by atoms with van der Waals surface area (Å²) in [5.74, 6) is -0.710. The van der Waals surface area contributed by atoms with Crippen LogP contribution in [0.1, 0.15) is 10.4 Å². The van der Waals surface area contributed by atoms with Gasteiger partial charge in [0.2, 0.25) is 0 Å². The summed E-state index contributed by atoms with van der Waals surface area (Å²) in [5, 5.41) is 13.3. The molecule has 1 N–H and O–H groups in total. The van der Waals surface area contributed by atoms with E-state index in [1.54, 1.807) is 23.7 Å². The van der Waals surface area contributed by atoms with Crippen LogP contribution < -0.4 is 4.74 Å². The van der Waals surface area contributed by atoms with Gasteiger partial charge < -0.3 is 9.84 Å². The van der Waals surface area contributed by atoms with Gasteiger partial charge >= 0.3 is 5.97 Å². The first-order valence-electron chi connectivity index (χ1n) is 5.57. The lowest BCUT2D eigenvalue weighted by Crippen LogP contribution is -2.00. The van der Waals surface area contributed by atoms with Crippen LogP contribution in [0.25, 0.3) is 10.8 Å². The van der Waals surface area contributed by atoms with Crippen LogP contribution in [0.3, 0.4) is 0 Å². The SMILES string of the molecule is O=C(O)c1cc2ccccc2cc1Oc1nccs1. The van der Waals surface area contributed by atoms with Crippen molar-refractivity contribution >= 4 is 28.1 Å². The normalized spacial score (nSPS) is 10.5. The molecule has 1 heterocycles. The molecule has 1 aromatic heterocycles.